The van der Waals surface area contributed by atoms with Crippen LogP contribution in [0.1, 0.15) is 0 Å². The first kappa shape index (κ1) is 18.5. The molecule has 1 aromatic heterocycles. The highest BCUT2D eigenvalue weighted by atomic mass is 32.1. The zero-order valence-corrected chi connectivity index (χ0v) is 15.9. The number of carbonyl (C=O) groups is 1. The lowest BCUT2D eigenvalue weighted by atomic mass is 10.1. The van der Waals surface area contributed by atoms with Gasteiger partial charge in [-0.05, 0) is 30.3 Å². The van der Waals surface area contributed by atoms with Gasteiger partial charge in [-0.2, -0.15) is 0 Å². The van der Waals surface area contributed by atoms with Gasteiger partial charge in [-0.25, -0.2) is 9.78 Å². The smallest absolute Gasteiger partial charge is 0.325 e. The van der Waals surface area contributed by atoms with Gasteiger partial charge in [0, 0.05) is 10.9 Å². The third-order valence-electron chi connectivity index (χ3n) is 3.76. The Morgan fingerprint density at radius 1 is 0.926 bits per heavy atom. The van der Waals surface area contributed by atoms with Crippen molar-refractivity contribution in [2.24, 2.45) is 0 Å². The fraction of sp³-hybridized carbons (Fsp3) is 0.158. The van der Waals surface area contributed by atoms with Gasteiger partial charge in [0.05, 0.1) is 32.7 Å². The van der Waals surface area contributed by atoms with Gasteiger partial charge in [0.25, 0.3) is 0 Å². The average molecular weight is 385 g/mol. The molecule has 0 bridgehead atoms. The van der Waals surface area contributed by atoms with E-state index in [2.05, 4.69) is 15.6 Å². The second-order valence-electron chi connectivity index (χ2n) is 5.39. The van der Waals surface area contributed by atoms with Crippen molar-refractivity contribution in [1.82, 2.24) is 4.98 Å². The third-order valence-corrected chi connectivity index (χ3v) is 4.52. The van der Waals surface area contributed by atoms with E-state index in [1.165, 1.54) is 11.3 Å². The number of hydrogen-bond acceptors (Lipinski definition) is 6. The molecule has 1 heterocycles. The molecule has 0 unspecified atom stereocenters. The lowest BCUT2D eigenvalue weighted by Gasteiger charge is -2.09. The molecule has 3 aromatic rings. The molecule has 0 fully saturated rings. The molecule has 2 N–H and O–H groups in total. The van der Waals surface area contributed by atoms with Crippen LogP contribution in [0.2, 0.25) is 0 Å². The summed E-state index contributed by atoms with van der Waals surface area (Å²) in [5.74, 6) is 1.84. The predicted octanol–water partition coefficient (Wildman–Crippen LogP) is 4.48. The first-order chi connectivity index (χ1) is 13.1. The lowest BCUT2D eigenvalue weighted by molar-refractivity contribution is 0.262. The van der Waals surface area contributed by atoms with Gasteiger partial charge in [0.2, 0.25) is 0 Å². The van der Waals surface area contributed by atoms with E-state index in [4.69, 9.17) is 14.2 Å². The number of methoxy groups -OCH3 is 3. The molecule has 0 atom stereocenters. The van der Waals surface area contributed by atoms with Crippen LogP contribution in [0.4, 0.5) is 15.6 Å². The summed E-state index contributed by atoms with van der Waals surface area (Å²) in [6.07, 6.45) is 0. The first-order valence-electron chi connectivity index (χ1n) is 8.03. The monoisotopic (exact) mass is 385 g/mol. The number of benzene rings is 2. The van der Waals surface area contributed by atoms with Gasteiger partial charge < -0.3 is 19.5 Å². The molecule has 3 rings (SSSR count). The maximum absolute atomic E-state index is 12.2. The normalized spacial score (nSPS) is 10.2. The SMILES string of the molecule is COc1ccccc1NC(=O)Nc1nc(-c2ccc(OC)c(OC)c2)cs1. The minimum Gasteiger partial charge on any atom is -0.495 e. The summed E-state index contributed by atoms with van der Waals surface area (Å²) in [6, 6.07) is 12.3. The molecule has 8 heteroatoms. The van der Waals surface area contributed by atoms with Crippen molar-refractivity contribution in [3.8, 4) is 28.5 Å². The number of anilines is 2. The zero-order chi connectivity index (χ0) is 19.2. The van der Waals surface area contributed by atoms with Crippen molar-refractivity contribution in [1.29, 1.82) is 0 Å². The highest BCUT2D eigenvalue weighted by molar-refractivity contribution is 7.14. The standard InChI is InChI=1S/C19H19N3O4S/c1-24-15-7-5-4-6-13(15)20-18(23)22-19-21-14(11-27-19)12-8-9-16(25-2)17(10-12)26-3/h4-11H,1-3H3,(H2,20,21,22,23). The summed E-state index contributed by atoms with van der Waals surface area (Å²) in [7, 11) is 4.72. The van der Waals surface area contributed by atoms with E-state index in [-0.39, 0.29) is 0 Å². The molecule has 140 valence electrons. The Morgan fingerprint density at radius 2 is 1.67 bits per heavy atom. The minimum atomic E-state index is -0.396. The molecule has 0 saturated heterocycles. The maximum atomic E-state index is 12.2. The van der Waals surface area contributed by atoms with Gasteiger partial charge in [0.1, 0.15) is 5.75 Å². The quantitative estimate of drug-likeness (QED) is 0.654. The van der Waals surface area contributed by atoms with Gasteiger partial charge in [-0.3, -0.25) is 5.32 Å². The first-order valence-corrected chi connectivity index (χ1v) is 8.91. The second kappa shape index (κ2) is 8.41. The average Bonchev–Trinajstić information content (AvgIpc) is 3.16. The van der Waals surface area contributed by atoms with Crippen molar-refractivity contribution in [3.63, 3.8) is 0 Å². The van der Waals surface area contributed by atoms with E-state index in [0.29, 0.717) is 28.1 Å². The molecular formula is C19H19N3O4S. The van der Waals surface area contributed by atoms with E-state index in [0.717, 1.165) is 11.3 Å². The van der Waals surface area contributed by atoms with Crippen LogP contribution in [0.3, 0.4) is 0 Å². The number of rotatable bonds is 6. The van der Waals surface area contributed by atoms with E-state index >= 15 is 0 Å². The predicted molar refractivity (Wildman–Crippen MR) is 106 cm³/mol. The van der Waals surface area contributed by atoms with Crippen molar-refractivity contribution in [2.75, 3.05) is 32.0 Å². The molecule has 0 aliphatic heterocycles. The highest BCUT2D eigenvalue weighted by Crippen LogP contribution is 2.33. The molecule has 0 spiro atoms. The van der Waals surface area contributed by atoms with Crippen LogP contribution in [-0.2, 0) is 0 Å². The van der Waals surface area contributed by atoms with Crippen molar-refractivity contribution in [3.05, 3.63) is 47.8 Å². The Kier molecular flexibility index (Phi) is 5.77. The number of nitrogens with zero attached hydrogens (tertiary/aromatic N) is 1. The van der Waals surface area contributed by atoms with Crippen LogP contribution in [-0.4, -0.2) is 32.3 Å². The van der Waals surface area contributed by atoms with E-state index in [1.807, 2.05) is 35.7 Å². The molecule has 0 radical (unpaired) electrons. The van der Waals surface area contributed by atoms with Crippen LogP contribution in [0.15, 0.2) is 47.8 Å². The number of thiazole rings is 1. The summed E-state index contributed by atoms with van der Waals surface area (Å²) >= 11 is 1.33. The summed E-state index contributed by atoms with van der Waals surface area (Å²) in [6.45, 7) is 0. The Morgan fingerprint density at radius 3 is 2.41 bits per heavy atom. The summed E-state index contributed by atoms with van der Waals surface area (Å²) in [4.78, 5) is 16.7. The Balaban J connectivity index is 1.71. The molecular weight excluding hydrogens is 366 g/mol. The van der Waals surface area contributed by atoms with E-state index < -0.39 is 6.03 Å². The fourth-order valence-corrected chi connectivity index (χ4v) is 3.17. The lowest BCUT2D eigenvalue weighted by Crippen LogP contribution is -2.19. The molecule has 2 amide bonds. The Hall–Kier alpha value is -3.26. The van der Waals surface area contributed by atoms with Crippen LogP contribution < -0.4 is 24.8 Å². The summed E-state index contributed by atoms with van der Waals surface area (Å²) < 4.78 is 15.8. The second-order valence-corrected chi connectivity index (χ2v) is 6.25. The van der Waals surface area contributed by atoms with Gasteiger partial charge >= 0.3 is 6.03 Å². The summed E-state index contributed by atoms with van der Waals surface area (Å²) in [5, 5.41) is 7.82. The summed E-state index contributed by atoms with van der Waals surface area (Å²) in [5.41, 5.74) is 2.17. The van der Waals surface area contributed by atoms with E-state index in [1.54, 1.807) is 33.5 Å². The topological polar surface area (TPSA) is 81.7 Å². The molecule has 27 heavy (non-hydrogen) atoms. The zero-order valence-electron chi connectivity index (χ0n) is 15.1. The number of aromatic nitrogens is 1. The number of para-hydroxylation sites is 2. The molecule has 0 saturated carbocycles. The maximum Gasteiger partial charge on any atom is 0.325 e. The molecule has 7 nitrogen and oxygen atoms in total. The van der Waals surface area contributed by atoms with Gasteiger partial charge in [-0.15, -0.1) is 11.3 Å². The number of urea groups is 1. The third kappa shape index (κ3) is 4.29. The Bertz CT molecular complexity index is 942. The van der Waals surface area contributed by atoms with Crippen LogP contribution in [0.25, 0.3) is 11.3 Å². The number of amides is 2. The molecule has 2 aromatic carbocycles. The number of hydrogen-bond donors (Lipinski definition) is 2. The van der Waals surface area contributed by atoms with Gasteiger partial charge in [-0.1, -0.05) is 12.1 Å². The van der Waals surface area contributed by atoms with Crippen LogP contribution in [0, 0.1) is 0 Å². The molecule has 0 aliphatic rings. The highest BCUT2D eigenvalue weighted by Gasteiger charge is 2.12. The number of ether oxygens (including phenoxy) is 3. The Labute approximate surface area is 160 Å². The minimum absolute atomic E-state index is 0.396. The van der Waals surface area contributed by atoms with Crippen LogP contribution >= 0.6 is 11.3 Å². The van der Waals surface area contributed by atoms with Crippen molar-refractivity contribution < 1.29 is 19.0 Å². The van der Waals surface area contributed by atoms with E-state index in [9.17, 15) is 4.79 Å². The van der Waals surface area contributed by atoms with Crippen molar-refractivity contribution in [2.45, 2.75) is 0 Å². The van der Waals surface area contributed by atoms with Crippen LogP contribution in [0.5, 0.6) is 17.2 Å². The fourth-order valence-electron chi connectivity index (χ4n) is 2.46. The number of nitrogens with one attached hydrogen (secondary N) is 2. The largest absolute Gasteiger partial charge is 0.495 e. The number of carbonyl (C=O) groups excluding carboxylic acids is 1. The molecule has 0 aliphatic carbocycles. The van der Waals surface area contributed by atoms with Crippen molar-refractivity contribution >= 4 is 28.2 Å². The van der Waals surface area contributed by atoms with Gasteiger partial charge in [0.15, 0.2) is 16.6 Å².